The van der Waals surface area contributed by atoms with Gasteiger partial charge < -0.3 is 4.74 Å². The van der Waals surface area contributed by atoms with Gasteiger partial charge in [-0.05, 0) is 50.8 Å². The summed E-state index contributed by atoms with van der Waals surface area (Å²) in [6.45, 7) is 1.43. The number of halogens is 1. The molecule has 1 aromatic carbocycles. The van der Waals surface area contributed by atoms with Gasteiger partial charge in [0, 0.05) is 0 Å². The van der Waals surface area contributed by atoms with Crippen molar-refractivity contribution in [2.75, 3.05) is 0 Å². The maximum atomic E-state index is 13.1. The van der Waals surface area contributed by atoms with E-state index in [-0.39, 0.29) is 11.9 Å². The average Bonchev–Trinajstić information content (AvgIpc) is 2.32. The number of carbonyl (C=O) groups excluding carboxylic acids is 1. The fourth-order valence-corrected chi connectivity index (χ4v) is 2.24. The number of ketones is 1. The summed E-state index contributed by atoms with van der Waals surface area (Å²) >= 11 is 0. The average molecular weight is 236 g/mol. The molecular weight excluding hydrogens is 219 g/mol. The van der Waals surface area contributed by atoms with Gasteiger partial charge in [0.25, 0.3) is 0 Å². The highest BCUT2D eigenvalue weighted by atomic mass is 19.1. The number of carbonyl (C=O) groups is 1. The Bertz CT molecular complexity index is 409. The van der Waals surface area contributed by atoms with Crippen molar-refractivity contribution >= 4 is 5.78 Å². The van der Waals surface area contributed by atoms with Crippen LogP contribution in [0.3, 0.4) is 0 Å². The van der Waals surface area contributed by atoms with Crippen LogP contribution in [0.4, 0.5) is 4.39 Å². The van der Waals surface area contributed by atoms with Crippen LogP contribution in [0, 0.1) is 5.82 Å². The molecule has 0 bridgehead atoms. The minimum absolute atomic E-state index is 0.157. The smallest absolute Gasteiger partial charge is 0.163 e. The molecule has 1 aromatic rings. The Kier molecular flexibility index (Phi) is 3.77. The molecule has 0 unspecified atom stereocenters. The van der Waals surface area contributed by atoms with E-state index < -0.39 is 5.82 Å². The lowest BCUT2D eigenvalue weighted by Gasteiger charge is -2.23. The van der Waals surface area contributed by atoms with Crippen LogP contribution in [-0.2, 0) is 0 Å². The summed E-state index contributed by atoms with van der Waals surface area (Å²) in [5.41, 5.74) is 0.343. The molecule has 0 N–H and O–H groups in total. The predicted molar refractivity (Wildman–Crippen MR) is 63.9 cm³/mol. The van der Waals surface area contributed by atoms with E-state index in [1.54, 1.807) is 6.07 Å². The van der Waals surface area contributed by atoms with E-state index in [0.29, 0.717) is 11.3 Å². The molecule has 1 saturated carbocycles. The van der Waals surface area contributed by atoms with E-state index in [1.165, 1.54) is 38.3 Å². The summed E-state index contributed by atoms with van der Waals surface area (Å²) in [5, 5.41) is 0. The van der Waals surface area contributed by atoms with Crippen LogP contribution >= 0.6 is 0 Å². The zero-order valence-electron chi connectivity index (χ0n) is 10.0. The van der Waals surface area contributed by atoms with Crippen molar-refractivity contribution in [2.24, 2.45) is 0 Å². The van der Waals surface area contributed by atoms with Gasteiger partial charge in [0.1, 0.15) is 11.6 Å². The molecule has 0 amide bonds. The van der Waals surface area contributed by atoms with Crippen molar-refractivity contribution in [1.29, 1.82) is 0 Å². The van der Waals surface area contributed by atoms with Crippen LogP contribution < -0.4 is 4.74 Å². The van der Waals surface area contributed by atoms with Gasteiger partial charge in [0.15, 0.2) is 5.78 Å². The second kappa shape index (κ2) is 5.30. The lowest BCUT2D eigenvalue weighted by atomic mass is 9.97. The molecular formula is C14H17FO2. The van der Waals surface area contributed by atoms with Crippen molar-refractivity contribution in [2.45, 2.75) is 45.1 Å². The van der Waals surface area contributed by atoms with Crippen molar-refractivity contribution in [3.8, 4) is 5.75 Å². The Morgan fingerprint density at radius 1 is 1.29 bits per heavy atom. The van der Waals surface area contributed by atoms with Gasteiger partial charge in [-0.15, -0.1) is 0 Å². The Balaban J connectivity index is 2.16. The third-order valence-electron chi connectivity index (χ3n) is 3.17. The number of Topliss-reactive ketones (excluding diaryl/α,β-unsaturated/α-hetero) is 1. The lowest BCUT2D eigenvalue weighted by Crippen LogP contribution is -2.20. The third kappa shape index (κ3) is 3.05. The first kappa shape index (κ1) is 12.1. The molecule has 1 aliphatic rings. The predicted octanol–water partition coefficient (Wildman–Crippen LogP) is 3.74. The third-order valence-corrected chi connectivity index (χ3v) is 3.17. The Hall–Kier alpha value is -1.38. The summed E-state index contributed by atoms with van der Waals surface area (Å²) in [6.07, 6.45) is 5.81. The summed E-state index contributed by atoms with van der Waals surface area (Å²) in [4.78, 5) is 11.4. The molecule has 0 aliphatic heterocycles. The Morgan fingerprint density at radius 2 is 2.00 bits per heavy atom. The van der Waals surface area contributed by atoms with Gasteiger partial charge in [-0.25, -0.2) is 4.39 Å². The van der Waals surface area contributed by atoms with Crippen molar-refractivity contribution in [3.05, 3.63) is 29.6 Å². The highest BCUT2D eigenvalue weighted by molar-refractivity contribution is 5.96. The molecule has 2 nitrogen and oxygen atoms in total. The number of hydrogen-bond acceptors (Lipinski definition) is 2. The minimum Gasteiger partial charge on any atom is -0.490 e. The monoisotopic (exact) mass is 236 g/mol. The van der Waals surface area contributed by atoms with Gasteiger partial charge in [-0.1, -0.05) is 6.42 Å². The maximum Gasteiger partial charge on any atom is 0.163 e. The van der Waals surface area contributed by atoms with Crippen molar-refractivity contribution < 1.29 is 13.9 Å². The molecule has 17 heavy (non-hydrogen) atoms. The second-order valence-corrected chi connectivity index (χ2v) is 4.57. The quantitative estimate of drug-likeness (QED) is 0.747. The molecule has 2 rings (SSSR count). The van der Waals surface area contributed by atoms with E-state index >= 15 is 0 Å². The number of benzene rings is 1. The highest BCUT2D eigenvalue weighted by Gasteiger charge is 2.18. The molecule has 1 fully saturated rings. The molecule has 0 heterocycles. The van der Waals surface area contributed by atoms with E-state index in [1.807, 2.05) is 0 Å². The minimum atomic E-state index is -0.397. The highest BCUT2D eigenvalue weighted by Crippen LogP contribution is 2.26. The van der Waals surface area contributed by atoms with Gasteiger partial charge in [0.2, 0.25) is 0 Å². The first-order valence-corrected chi connectivity index (χ1v) is 6.14. The van der Waals surface area contributed by atoms with Crippen LogP contribution in [0.5, 0.6) is 5.75 Å². The number of rotatable bonds is 3. The fourth-order valence-electron chi connectivity index (χ4n) is 2.24. The van der Waals surface area contributed by atoms with Gasteiger partial charge in [0.05, 0.1) is 11.7 Å². The Morgan fingerprint density at radius 3 is 2.65 bits per heavy atom. The molecule has 0 saturated heterocycles. The van der Waals surface area contributed by atoms with Crippen LogP contribution in [0.15, 0.2) is 18.2 Å². The van der Waals surface area contributed by atoms with E-state index in [0.717, 1.165) is 12.8 Å². The summed E-state index contributed by atoms with van der Waals surface area (Å²) in [7, 11) is 0. The molecule has 0 spiro atoms. The molecule has 0 atom stereocenters. The summed E-state index contributed by atoms with van der Waals surface area (Å²) < 4.78 is 18.9. The van der Waals surface area contributed by atoms with Crippen LogP contribution in [0.2, 0.25) is 0 Å². The molecule has 0 radical (unpaired) electrons. The van der Waals surface area contributed by atoms with Crippen LogP contribution in [0.1, 0.15) is 49.4 Å². The topological polar surface area (TPSA) is 26.3 Å². The first-order valence-electron chi connectivity index (χ1n) is 6.14. The molecule has 1 aliphatic carbocycles. The zero-order valence-corrected chi connectivity index (χ0v) is 10.0. The van der Waals surface area contributed by atoms with Gasteiger partial charge >= 0.3 is 0 Å². The van der Waals surface area contributed by atoms with Crippen LogP contribution in [-0.4, -0.2) is 11.9 Å². The summed E-state index contributed by atoms with van der Waals surface area (Å²) in [5.74, 6) is -0.0349. The van der Waals surface area contributed by atoms with Crippen molar-refractivity contribution in [1.82, 2.24) is 0 Å². The largest absolute Gasteiger partial charge is 0.490 e. The van der Waals surface area contributed by atoms with E-state index in [4.69, 9.17) is 4.74 Å². The SMILES string of the molecule is CC(=O)c1cc(F)ccc1OC1CCCCC1. The fraction of sp³-hybridized carbons (Fsp3) is 0.500. The maximum absolute atomic E-state index is 13.1. The summed E-state index contributed by atoms with van der Waals surface area (Å²) in [6, 6.07) is 4.14. The number of ether oxygens (including phenoxy) is 1. The second-order valence-electron chi connectivity index (χ2n) is 4.57. The molecule has 0 aromatic heterocycles. The molecule has 92 valence electrons. The van der Waals surface area contributed by atoms with Crippen LogP contribution in [0.25, 0.3) is 0 Å². The zero-order chi connectivity index (χ0) is 12.3. The number of hydrogen-bond donors (Lipinski definition) is 0. The van der Waals surface area contributed by atoms with Crippen molar-refractivity contribution in [3.63, 3.8) is 0 Å². The standard InChI is InChI=1S/C14H17FO2/c1-10(16)13-9-11(15)7-8-14(13)17-12-5-3-2-4-6-12/h7-9,12H,2-6H2,1H3. The van der Waals surface area contributed by atoms with E-state index in [2.05, 4.69) is 0 Å². The van der Waals surface area contributed by atoms with Gasteiger partial charge in [-0.2, -0.15) is 0 Å². The molecule has 3 heteroatoms. The Labute approximate surface area is 101 Å². The lowest BCUT2D eigenvalue weighted by molar-refractivity contribution is 0.100. The first-order chi connectivity index (χ1) is 8.16. The van der Waals surface area contributed by atoms with E-state index in [9.17, 15) is 9.18 Å². The normalized spacial score (nSPS) is 16.8. The van der Waals surface area contributed by atoms with Gasteiger partial charge in [-0.3, -0.25) is 4.79 Å².